The summed E-state index contributed by atoms with van der Waals surface area (Å²) in [5.74, 6) is 0. The van der Waals surface area contributed by atoms with Crippen LogP contribution in [-0.2, 0) is 20.0 Å². The molecule has 4 amide bonds. The molecule has 0 atom stereocenters. The van der Waals surface area contributed by atoms with Gasteiger partial charge in [-0.3, -0.25) is 5.43 Å². The molecule has 0 aromatic heterocycles. The van der Waals surface area contributed by atoms with Gasteiger partial charge in [0.2, 0.25) is 0 Å². The predicted octanol–water partition coefficient (Wildman–Crippen LogP) is 3.51. The van der Waals surface area contributed by atoms with Crippen molar-refractivity contribution in [1.29, 1.82) is 0 Å². The maximum Gasteiger partial charge on any atom is 0.343 e. The molecule has 0 bridgehead atoms. The van der Waals surface area contributed by atoms with Crippen LogP contribution < -0.4 is 20.2 Å². The Labute approximate surface area is 229 Å². The van der Waals surface area contributed by atoms with E-state index < -0.39 is 32.1 Å². The molecule has 210 valence electrons. The van der Waals surface area contributed by atoms with Crippen LogP contribution in [0.15, 0.2) is 58.3 Å². The van der Waals surface area contributed by atoms with Gasteiger partial charge >= 0.3 is 12.1 Å². The van der Waals surface area contributed by atoms with Crippen molar-refractivity contribution < 1.29 is 26.4 Å². The van der Waals surface area contributed by atoms with Crippen molar-refractivity contribution in [3.8, 4) is 0 Å². The third-order valence-electron chi connectivity index (χ3n) is 5.31. The number of aryl methyl sites for hydroxylation is 1. The van der Waals surface area contributed by atoms with Gasteiger partial charge in [0.05, 0.1) is 9.79 Å². The van der Waals surface area contributed by atoms with E-state index in [1.807, 2.05) is 23.3 Å². The highest BCUT2D eigenvalue weighted by Crippen LogP contribution is 2.14. The van der Waals surface area contributed by atoms with Crippen molar-refractivity contribution in [2.45, 2.75) is 55.7 Å². The summed E-state index contributed by atoms with van der Waals surface area (Å²) >= 11 is 5.64. The van der Waals surface area contributed by atoms with E-state index in [2.05, 4.69) is 10.7 Å². The van der Waals surface area contributed by atoms with Gasteiger partial charge in [0.1, 0.15) is 0 Å². The number of hydrazine groups is 1. The Hall–Kier alpha value is -2.87. The smallest absolute Gasteiger partial charge is 0.337 e. The number of hydrogen-bond donors (Lipinski definition) is 4. The molecule has 3 rings (SSSR count). The van der Waals surface area contributed by atoms with Gasteiger partial charge in [0.15, 0.2) is 0 Å². The van der Waals surface area contributed by atoms with Crippen molar-refractivity contribution in [2.24, 2.45) is 0 Å². The summed E-state index contributed by atoms with van der Waals surface area (Å²) in [6.07, 6.45) is 5.02. The summed E-state index contributed by atoms with van der Waals surface area (Å²) in [4.78, 5) is 23.1. The minimum atomic E-state index is -3.83. The molecule has 2 aromatic carbocycles. The largest absolute Gasteiger partial charge is 0.343 e. The molecular weight excluding hydrogens is 554 g/mol. The standard InChI is InChI=1S/C14H21N3O3S.C10H13ClN2O3S/c1-12-6-8-13(9-7-12)21(19,20)16-14(18)15-17-10-4-2-3-5-11-17;1-2-7-12-10(14)13-17(15,16)9-5-3-8(11)4-6-9/h6-9H,2-5,10-11H2,1H3,(H2,15,16,18);3-6H,2,7H2,1H3,(H2,12,13,14). The van der Waals surface area contributed by atoms with Gasteiger partial charge in [-0.25, -0.2) is 40.9 Å². The highest BCUT2D eigenvalue weighted by molar-refractivity contribution is 7.90. The van der Waals surface area contributed by atoms with Crippen LogP contribution in [0.1, 0.15) is 44.6 Å². The minimum Gasteiger partial charge on any atom is -0.337 e. The zero-order chi connectivity index (χ0) is 28.2. The molecule has 11 nitrogen and oxygen atoms in total. The van der Waals surface area contributed by atoms with Crippen LogP contribution in [0.25, 0.3) is 0 Å². The maximum atomic E-state index is 12.1. The van der Waals surface area contributed by atoms with Crippen molar-refractivity contribution in [3.63, 3.8) is 0 Å². The van der Waals surface area contributed by atoms with E-state index in [1.165, 1.54) is 36.4 Å². The average Bonchev–Trinajstić information content (AvgIpc) is 3.11. The molecule has 0 aliphatic carbocycles. The normalized spacial score (nSPS) is 14.3. The highest BCUT2D eigenvalue weighted by Gasteiger charge is 2.19. The number of rotatable bonds is 7. The number of carbonyl (C=O) groups is 2. The number of nitrogens with zero attached hydrogens (tertiary/aromatic N) is 1. The first kappa shape index (κ1) is 31.3. The maximum absolute atomic E-state index is 12.1. The Balaban J connectivity index is 0.000000273. The second-order valence-corrected chi connectivity index (χ2v) is 12.4. The minimum absolute atomic E-state index is 0.00597. The summed E-state index contributed by atoms with van der Waals surface area (Å²) in [6.45, 7) is 5.65. The van der Waals surface area contributed by atoms with Crippen LogP contribution in [0, 0.1) is 6.92 Å². The monoisotopic (exact) mass is 587 g/mol. The van der Waals surface area contributed by atoms with E-state index in [-0.39, 0.29) is 9.79 Å². The highest BCUT2D eigenvalue weighted by atomic mass is 35.5. The van der Waals surface area contributed by atoms with Gasteiger partial charge in [0.25, 0.3) is 20.0 Å². The fraction of sp³-hybridized carbons (Fsp3) is 0.417. The fourth-order valence-electron chi connectivity index (χ4n) is 3.32. The van der Waals surface area contributed by atoms with Crippen LogP contribution in [0.4, 0.5) is 9.59 Å². The van der Waals surface area contributed by atoms with Gasteiger partial charge < -0.3 is 5.32 Å². The van der Waals surface area contributed by atoms with Gasteiger partial charge in [-0.15, -0.1) is 0 Å². The number of sulfonamides is 2. The molecule has 0 unspecified atom stereocenters. The Bertz CT molecular complexity index is 1260. The molecule has 0 saturated carbocycles. The van der Waals surface area contributed by atoms with E-state index in [1.54, 1.807) is 17.1 Å². The van der Waals surface area contributed by atoms with Gasteiger partial charge in [-0.2, -0.15) is 0 Å². The Kier molecular flexibility index (Phi) is 12.3. The molecule has 1 heterocycles. The third-order valence-corrected chi connectivity index (χ3v) is 8.26. The Morgan fingerprint density at radius 3 is 1.76 bits per heavy atom. The quantitative estimate of drug-likeness (QED) is 0.386. The molecule has 1 fully saturated rings. The molecule has 1 saturated heterocycles. The van der Waals surface area contributed by atoms with Crippen molar-refractivity contribution in [1.82, 2.24) is 25.2 Å². The van der Waals surface area contributed by atoms with Crippen molar-refractivity contribution in [2.75, 3.05) is 19.6 Å². The fourth-order valence-corrected chi connectivity index (χ4v) is 5.27. The number of urea groups is 2. The summed E-state index contributed by atoms with van der Waals surface area (Å²) in [5, 5.41) is 4.62. The molecular formula is C24H34ClN5O6S2. The summed E-state index contributed by atoms with van der Waals surface area (Å²) in [7, 11) is -7.65. The first-order valence-electron chi connectivity index (χ1n) is 12.1. The SMILES string of the molecule is CCCNC(=O)NS(=O)(=O)c1ccc(Cl)cc1.Cc1ccc(S(=O)(=O)NC(=O)NN2CCCCCC2)cc1. The molecule has 38 heavy (non-hydrogen) atoms. The molecule has 4 N–H and O–H groups in total. The lowest BCUT2D eigenvalue weighted by Gasteiger charge is -2.20. The van der Waals surface area contributed by atoms with Crippen LogP contribution in [0.2, 0.25) is 5.02 Å². The van der Waals surface area contributed by atoms with Crippen molar-refractivity contribution >= 4 is 43.7 Å². The van der Waals surface area contributed by atoms with E-state index in [9.17, 15) is 26.4 Å². The second-order valence-electron chi connectivity index (χ2n) is 8.58. The summed E-state index contributed by atoms with van der Waals surface area (Å²) in [6, 6.07) is 10.5. The number of halogens is 1. The van der Waals surface area contributed by atoms with Gasteiger partial charge in [-0.05, 0) is 62.6 Å². The number of hydrogen-bond acceptors (Lipinski definition) is 7. The van der Waals surface area contributed by atoms with Gasteiger partial charge in [-0.1, -0.05) is 49.1 Å². The summed E-state index contributed by atoms with van der Waals surface area (Å²) < 4.78 is 51.5. The van der Waals surface area contributed by atoms with Crippen LogP contribution in [0.3, 0.4) is 0 Å². The Morgan fingerprint density at radius 2 is 1.26 bits per heavy atom. The molecule has 0 spiro atoms. The summed E-state index contributed by atoms with van der Waals surface area (Å²) in [5.41, 5.74) is 3.56. The second kappa shape index (κ2) is 14.9. The van der Waals surface area contributed by atoms with E-state index >= 15 is 0 Å². The van der Waals surface area contributed by atoms with Gasteiger partial charge in [0, 0.05) is 24.7 Å². The number of nitrogens with one attached hydrogen (secondary N) is 4. The zero-order valence-corrected chi connectivity index (χ0v) is 23.8. The van der Waals surface area contributed by atoms with E-state index in [0.717, 1.165) is 50.8 Å². The average molecular weight is 588 g/mol. The van der Waals surface area contributed by atoms with Crippen molar-refractivity contribution in [3.05, 3.63) is 59.1 Å². The lowest BCUT2D eigenvalue weighted by atomic mass is 10.2. The Morgan fingerprint density at radius 1 is 0.789 bits per heavy atom. The zero-order valence-electron chi connectivity index (χ0n) is 21.4. The lowest BCUT2D eigenvalue weighted by molar-refractivity contribution is 0.184. The molecule has 1 aliphatic rings. The van der Waals surface area contributed by atoms with Crippen LogP contribution >= 0.6 is 11.6 Å². The molecule has 14 heteroatoms. The first-order valence-corrected chi connectivity index (χ1v) is 15.5. The number of amides is 4. The number of benzene rings is 2. The first-order chi connectivity index (χ1) is 17.9. The lowest BCUT2D eigenvalue weighted by Crippen LogP contribution is -2.49. The van der Waals surface area contributed by atoms with E-state index in [0.29, 0.717) is 11.6 Å². The molecule has 2 aromatic rings. The number of carbonyl (C=O) groups excluding carboxylic acids is 2. The van der Waals surface area contributed by atoms with Crippen LogP contribution in [-0.4, -0.2) is 53.5 Å². The van der Waals surface area contributed by atoms with E-state index in [4.69, 9.17) is 11.6 Å². The molecule has 0 radical (unpaired) electrons. The molecule has 1 aliphatic heterocycles. The van der Waals surface area contributed by atoms with Crippen LogP contribution in [0.5, 0.6) is 0 Å². The topological polar surface area (TPSA) is 154 Å². The third kappa shape index (κ3) is 10.9. The predicted molar refractivity (Wildman–Crippen MR) is 146 cm³/mol.